The van der Waals surface area contributed by atoms with Gasteiger partial charge in [0.15, 0.2) is 0 Å². The summed E-state index contributed by atoms with van der Waals surface area (Å²) in [6.45, 7) is 1.80. The molecule has 1 fully saturated rings. The van der Waals surface area contributed by atoms with Crippen molar-refractivity contribution in [3.8, 4) is 29.1 Å². The second-order valence-corrected chi connectivity index (χ2v) is 7.38. The predicted molar refractivity (Wildman–Crippen MR) is 107 cm³/mol. The molecule has 2 N–H and O–H groups in total. The van der Waals surface area contributed by atoms with E-state index < -0.39 is 23.9 Å². The molecular weight excluding hydrogens is 401 g/mol. The summed E-state index contributed by atoms with van der Waals surface area (Å²) in [5.41, 5.74) is 2.42. The van der Waals surface area contributed by atoms with E-state index in [1.807, 2.05) is 12.1 Å². The fourth-order valence-corrected chi connectivity index (χ4v) is 3.63. The van der Waals surface area contributed by atoms with Gasteiger partial charge in [-0.2, -0.15) is 10.5 Å². The molecule has 2 atom stereocenters. The number of ether oxygens (including phenoxy) is 2. The number of nitrogens with one attached hydrogen (secondary N) is 2. The van der Waals surface area contributed by atoms with E-state index in [1.165, 1.54) is 18.3 Å². The number of hydrogen-bond donors (Lipinski definition) is 2. The monoisotopic (exact) mass is 421 g/mol. The number of hydrogen-bond acceptors (Lipinski definition) is 7. The van der Waals surface area contributed by atoms with Crippen LogP contribution in [0.15, 0.2) is 24.4 Å². The lowest BCUT2D eigenvalue weighted by Crippen LogP contribution is -2.46. The molecular formula is C22H20FN5O3. The molecule has 3 heterocycles. The summed E-state index contributed by atoms with van der Waals surface area (Å²) in [5, 5.41) is 24.3. The summed E-state index contributed by atoms with van der Waals surface area (Å²) in [5.74, 6) is -0.481. The summed E-state index contributed by atoms with van der Waals surface area (Å²) in [6, 6.07) is 7.64. The number of rotatable bonds is 4. The Morgan fingerprint density at radius 1 is 1.39 bits per heavy atom. The van der Waals surface area contributed by atoms with Crippen molar-refractivity contribution in [1.29, 1.82) is 10.5 Å². The Kier molecular flexibility index (Phi) is 6.08. The molecule has 1 amide bonds. The highest BCUT2D eigenvalue weighted by atomic mass is 19.1. The Labute approximate surface area is 178 Å². The average Bonchev–Trinajstić information content (AvgIpc) is 3.08. The van der Waals surface area contributed by atoms with E-state index in [9.17, 15) is 14.4 Å². The van der Waals surface area contributed by atoms with Crippen LogP contribution in [0.5, 0.6) is 5.75 Å². The van der Waals surface area contributed by atoms with Crippen molar-refractivity contribution in [2.75, 3.05) is 19.7 Å². The van der Waals surface area contributed by atoms with Crippen LogP contribution in [0.25, 0.3) is 11.3 Å². The maximum atomic E-state index is 14.9. The van der Waals surface area contributed by atoms with Gasteiger partial charge in [0.2, 0.25) is 0 Å². The summed E-state index contributed by atoms with van der Waals surface area (Å²) in [7, 11) is 0. The number of amides is 1. The van der Waals surface area contributed by atoms with Gasteiger partial charge in [-0.3, -0.25) is 9.78 Å². The van der Waals surface area contributed by atoms with E-state index in [0.717, 1.165) is 13.0 Å². The average molecular weight is 421 g/mol. The maximum absolute atomic E-state index is 14.9. The first-order valence-electron chi connectivity index (χ1n) is 9.96. The molecule has 0 bridgehead atoms. The van der Waals surface area contributed by atoms with Gasteiger partial charge in [0.25, 0.3) is 5.91 Å². The Morgan fingerprint density at radius 3 is 3.06 bits per heavy atom. The lowest BCUT2D eigenvalue weighted by Gasteiger charge is -2.22. The number of halogens is 1. The number of carbonyl (C=O) groups is 1. The van der Waals surface area contributed by atoms with E-state index in [4.69, 9.17) is 14.7 Å². The van der Waals surface area contributed by atoms with Crippen LogP contribution in [0.3, 0.4) is 0 Å². The lowest BCUT2D eigenvalue weighted by molar-refractivity contribution is -0.132. The number of pyridine rings is 1. The first kappa shape index (κ1) is 20.7. The minimum Gasteiger partial charge on any atom is -0.488 e. The van der Waals surface area contributed by atoms with Crippen molar-refractivity contribution in [3.63, 3.8) is 0 Å². The highest BCUT2D eigenvalue weighted by molar-refractivity contribution is 5.81. The molecule has 0 radical (unpaired) electrons. The molecule has 0 spiro atoms. The third kappa shape index (κ3) is 4.48. The van der Waals surface area contributed by atoms with Gasteiger partial charge in [-0.25, -0.2) is 4.39 Å². The van der Waals surface area contributed by atoms with Crippen LogP contribution in [0, 0.1) is 28.5 Å². The van der Waals surface area contributed by atoms with Crippen LogP contribution >= 0.6 is 0 Å². The smallest absolute Gasteiger partial charge is 0.251 e. The molecule has 158 valence electrons. The first-order chi connectivity index (χ1) is 15.1. The van der Waals surface area contributed by atoms with Gasteiger partial charge in [-0.15, -0.1) is 0 Å². The largest absolute Gasteiger partial charge is 0.488 e. The third-order valence-electron chi connectivity index (χ3n) is 5.22. The van der Waals surface area contributed by atoms with E-state index in [-0.39, 0.29) is 18.6 Å². The molecule has 4 rings (SSSR count). The molecule has 1 aromatic carbocycles. The fourth-order valence-electron chi connectivity index (χ4n) is 3.63. The molecule has 0 unspecified atom stereocenters. The molecule has 0 saturated carbocycles. The van der Waals surface area contributed by atoms with E-state index >= 15 is 0 Å². The van der Waals surface area contributed by atoms with Crippen LogP contribution in [-0.4, -0.2) is 42.7 Å². The zero-order valence-corrected chi connectivity index (χ0v) is 16.7. The van der Waals surface area contributed by atoms with Gasteiger partial charge in [-0.1, -0.05) is 0 Å². The van der Waals surface area contributed by atoms with Crippen molar-refractivity contribution in [3.05, 3.63) is 46.9 Å². The molecule has 8 nitrogen and oxygen atoms in total. The number of nitriles is 2. The number of benzene rings is 1. The lowest BCUT2D eigenvalue weighted by atomic mass is 9.97. The molecule has 2 aliphatic heterocycles. The van der Waals surface area contributed by atoms with Gasteiger partial charge < -0.3 is 20.1 Å². The Balaban J connectivity index is 1.52. The van der Waals surface area contributed by atoms with Crippen LogP contribution in [0.2, 0.25) is 0 Å². The van der Waals surface area contributed by atoms with Crippen molar-refractivity contribution < 1.29 is 18.7 Å². The zero-order valence-electron chi connectivity index (χ0n) is 16.7. The maximum Gasteiger partial charge on any atom is 0.251 e. The van der Waals surface area contributed by atoms with Crippen molar-refractivity contribution >= 4 is 5.91 Å². The Hall–Kier alpha value is -3.53. The summed E-state index contributed by atoms with van der Waals surface area (Å²) >= 11 is 0. The Bertz CT molecular complexity index is 1080. The quantitative estimate of drug-likeness (QED) is 0.769. The van der Waals surface area contributed by atoms with Crippen LogP contribution in [-0.2, 0) is 22.6 Å². The number of nitrogens with zero attached hydrogens (tertiary/aromatic N) is 3. The van der Waals surface area contributed by atoms with Crippen molar-refractivity contribution in [2.24, 2.45) is 0 Å². The number of aromatic nitrogens is 1. The topological polar surface area (TPSA) is 120 Å². The molecule has 2 aliphatic rings. The SMILES string of the molecule is N#Cc1cnc2c(c1)COc1cc(C[C@@H](C#N)NC(=O)[C@@H]3CNCCCO3)c(F)cc1-2. The summed E-state index contributed by atoms with van der Waals surface area (Å²) in [6.07, 6.45) is 1.54. The molecule has 31 heavy (non-hydrogen) atoms. The molecule has 0 aliphatic carbocycles. The normalized spacial score (nSPS) is 18.2. The first-order valence-corrected chi connectivity index (χ1v) is 9.96. The summed E-state index contributed by atoms with van der Waals surface area (Å²) in [4.78, 5) is 16.7. The van der Waals surface area contributed by atoms with E-state index in [2.05, 4.69) is 15.6 Å². The minimum absolute atomic E-state index is 0.0154. The second kappa shape index (κ2) is 9.09. The molecule has 1 saturated heterocycles. The van der Waals surface area contributed by atoms with Gasteiger partial charge in [0, 0.05) is 36.9 Å². The van der Waals surface area contributed by atoms with Crippen molar-refractivity contribution in [1.82, 2.24) is 15.6 Å². The third-order valence-corrected chi connectivity index (χ3v) is 5.22. The molecule has 2 aromatic rings. The highest BCUT2D eigenvalue weighted by Crippen LogP contribution is 2.38. The predicted octanol–water partition coefficient (Wildman–Crippen LogP) is 1.58. The highest BCUT2D eigenvalue weighted by Gasteiger charge is 2.26. The van der Waals surface area contributed by atoms with Crippen LogP contribution in [0.4, 0.5) is 4.39 Å². The van der Waals surface area contributed by atoms with Gasteiger partial charge in [-0.05, 0) is 36.7 Å². The Morgan fingerprint density at radius 2 is 2.26 bits per heavy atom. The van der Waals surface area contributed by atoms with Crippen LogP contribution in [0.1, 0.15) is 23.1 Å². The fraction of sp³-hybridized carbons (Fsp3) is 0.364. The van der Waals surface area contributed by atoms with E-state index in [1.54, 1.807) is 6.07 Å². The standard InChI is InChI=1S/C22H20FN5O3/c23-18-7-17-19(31-12-15-4-13(8-24)10-27-21(15)17)6-14(18)5-16(9-25)28-22(29)20-11-26-2-1-3-30-20/h4,6-7,10,16,20,26H,1-3,5,11-12H2,(H,28,29)/t16-,20-/m0/s1. The summed E-state index contributed by atoms with van der Waals surface area (Å²) < 4.78 is 26.1. The van der Waals surface area contributed by atoms with E-state index in [0.29, 0.717) is 41.3 Å². The van der Waals surface area contributed by atoms with Gasteiger partial charge in [0.05, 0.1) is 17.3 Å². The number of fused-ring (bicyclic) bond motifs is 3. The van der Waals surface area contributed by atoms with Gasteiger partial charge >= 0.3 is 0 Å². The molecule has 1 aromatic heterocycles. The second-order valence-electron chi connectivity index (χ2n) is 7.38. The minimum atomic E-state index is -0.918. The van der Waals surface area contributed by atoms with Gasteiger partial charge in [0.1, 0.15) is 36.4 Å². The van der Waals surface area contributed by atoms with Crippen LogP contribution < -0.4 is 15.4 Å². The number of carbonyl (C=O) groups excluding carboxylic acids is 1. The van der Waals surface area contributed by atoms with Crippen molar-refractivity contribution in [2.45, 2.75) is 31.6 Å². The molecule has 9 heteroatoms. The zero-order chi connectivity index (χ0) is 21.8.